The van der Waals surface area contributed by atoms with Crippen molar-refractivity contribution in [2.45, 2.75) is 28.7 Å². The first-order chi connectivity index (χ1) is 10.4. The van der Waals surface area contributed by atoms with Gasteiger partial charge in [0.2, 0.25) is 9.84 Å². The SMILES string of the molecule is O=S(=O)(c1ccccc1)c1ccc(CC[C@@H](O)CO)c(Br)c1. The highest BCUT2D eigenvalue weighted by atomic mass is 79.9. The molecule has 0 radical (unpaired) electrons. The number of sulfone groups is 1. The van der Waals surface area contributed by atoms with Gasteiger partial charge in [-0.1, -0.05) is 40.2 Å². The summed E-state index contributed by atoms with van der Waals surface area (Å²) in [7, 11) is -3.53. The molecule has 0 amide bonds. The van der Waals surface area contributed by atoms with Gasteiger partial charge in [0, 0.05) is 4.47 Å². The summed E-state index contributed by atoms with van der Waals surface area (Å²) in [5.41, 5.74) is 0.888. The molecule has 0 aromatic heterocycles. The molecule has 0 saturated heterocycles. The van der Waals surface area contributed by atoms with Crippen LogP contribution in [-0.2, 0) is 16.3 Å². The molecule has 0 fully saturated rings. The lowest BCUT2D eigenvalue weighted by molar-refractivity contribution is 0.0885. The second-order valence-electron chi connectivity index (χ2n) is 4.94. The Balaban J connectivity index is 2.26. The van der Waals surface area contributed by atoms with E-state index in [1.54, 1.807) is 48.5 Å². The number of hydrogen-bond acceptors (Lipinski definition) is 4. The van der Waals surface area contributed by atoms with Crippen molar-refractivity contribution in [3.63, 3.8) is 0 Å². The van der Waals surface area contributed by atoms with Crippen molar-refractivity contribution in [2.24, 2.45) is 0 Å². The minimum atomic E-state index is -3.53. The summed E-state index contributed by atoms with van der Waals surface area (Å²) in [6.45, 7) is -0.280. The topological polar surface area (TPSA) is 74.6 Å². The number of hydrogen-bond donors (Lipinski definition) is 2. The van der Waals surface area contributed by atoms with E-state index in [-0.39, 0.29) is 16.4 Å². The Morgan fingerprint density at radius 2 is 1.73 bits per heavy atom. The van der Waals surface area contributed by atoms with Gasteiger partial charge < -0.3 is 10.2 Å². The first kappa shape index (κ1) is 17.1. The van der Waals surface area contributed by atoms with Gasteiger partial charge in [0.05, 0.1) is 22.5 Å². The van der Waals surface area contributed by atoms with Gasteiger partial charge in [0.1, 0.15) is 0 Å². The van der Waals surface area contributed by atoms with E-state index in [1.165, 1.54) is 0 Å². The predicted molar refractivity (Wildman–Crippen MR) is 87.4 cm³/mol. The van der Waals surface area contributed by atoms with E-state index >= 15 is 0 Å². The molecule has 0 unspecified atom stereocenters. The average molecular weight is 385 g/mol. The van der Waals surface area contributed by atoms with Crippen molar-refractivity contribution >= 4 is 25.8 Å². The number of halogens is 1. The third-order valence-electron chi connectivity index (χ3n) is 3.35. The van der Waals surface area contributed by atoms with Crippen LogP contribution in [0.3, 0.4) is 0 Å². The van der Waals surface area contributed by atoms with Gasteiger partial charge in [-0.3, -0.25) is 0 Å². The van der Waals surface area contributed by atoms with E-state index in [0.717, 1.165) is 5.56 Å². The number of aliphatic hydroxyl groups excluding tert-OH is 2. The summed E-state index contributed by atoms with van der Waals surface area (Å²) in [6.07, 6.45) is 0.202. The molecule has 118 valence electrons. The Hall–Kier alpha value is -1.21. The third kappa shape index (κ3) is 3.95. The molecule has 2 aromatic rings. The van der Waals surface area contributed by atoms with Gasteiger partial charge >= 0.3 is 0 Å². The second kappa shape index (κ2) is 7.37. The van der Waals surface area contributed by atoms with Crippen molar-refractivity contribution in [3.05, 3.63) is 58.6 Å². The minimum Gasteiger partial charge on any atom is -0.394 e. The Bertz CT molecular complexity index is 729. The average Bonchev–Trinajstić information content (AvgIpc) is 2.54. The molecular formula is C16H17BrO4S. The molecule has 0 heterocycles. The van der Waals surface area contributed by atoms with Gasteiger partial charge in [-0.25, -0.2) is 8.42 Å². The van der Waals surface area contributed by atoms with E-state index in [1.807, 2.05) is 0 Å². The number of aliphatic hydroxyl groups is 2. The molecule has 0 bridgehead atoms. The van der Waals surface area contributed by atoms with Crippen LogP contribution in [0, 0.1) is 0 Å². The first-order valence-electron chi connectivity index (χ1n) is 6.82. The van der Waals surface area contributed by atoms with Crippen molar-refractivity contribution in [2.75, 3.05) is 6.61 Å². The first-order valence-corrected chi connectivity index (χ1v) is 9.10. The smallest absolute Gasteiger partial charge is 0.206 e. The second-order valence-corrected chi connectivity index (χ2v) is 7.75. The highest BCUT2D eigenvalue weighted by Crippen LogP contribution is 2.27. The molecule has 2 rings (SSSR count). The Morgan fingerprint density at radius 3 is 2.32 bits per heavy atom. The molecule has 0 aliphatic heterocycles. The third-order valence-corrected chi connectivity index (χ3v) is 5.85. The monoisotopic (exact) mass is 384 g/mol. The van der Waals surface area contributed by atoms with Crippen LogP contribution in [0.25, 0.3) is 0 Å². The predicted octanol–water partition coefficient (Wildman–Crippen LogP) is 2.57. The summed E-state index contributed by atoms with van der Waals surface area (Å²) in [5.74, 6) is 0. The molecule has 2 aromatic carbocycles. The van der Waals surface area contributed by atoms with Gasteiger partial charge in [-0.15, -0.1) is 0 Å². The molecule has 22 heavy (non-hydrogen) atoms. The summed E-state index contributed by atoms with van der Waals surface area (Å²) in [4.78, 5) is 0.474. The van der Waals surface area contributed by atoms with E-state index in [4.69, 9.17) is 5.11 Å². The number of benzene rings is 2. The highest BCUT2D eigenvalue weighted by Gasteiger charge is 2.18. The fourth-order valence-electron chi connectivity index (χ4n) is 2.05. The van der Waals surface area contributed by atoms with Crippen LogP contribution in [0.5, 0.6) is 0 Å². The van der Waals surface area contributed by atoms with Crippen LogP contribution in [0.2, 0.25) is 0 Å². The van der Waals surface area contributed by atoms with Crippen molar-refractivity contribution in [3.8, 4) is 0 Å². The Labute approximate surface area is 138 Å². The minimum absolute atomic E-state index is 0.219. The lowest BCUT2D eigenvalue weighted by Crippen LogP contribution is -2.12. The fourth-order valence-corrected chi connectivity index (χ4v) is 4.08. The van der Waals surface area contributed by atoms with Gasteiger partial charge in [0.25, 0.3) is 0 Å². The zero-order chi connectivity index (χ0) is 16.2. The van der Waals surface area contributed by atoms with Gasteiger partial charge in [-0.2, -0.15) is 0 Å². The van der Waals surface area contributed by atoms with Crippen LogP contribution < -0.4 is 0 Å². The van der Waals surface area contributed by atoms with Crippen molar-refractivity contribution < 1.29 is 18.6 Å². The lowest BCUT2D eigenvalue weighted by Gasteiger charge is -2.10. The maximum Gasteiger partial charge on any atom is 0.206 e. The zero-order valence-electron chi connectivity index (χ0n) is 11.8. The summed E-state index contributed by atoms with van der Waals surface area (Å²) >= 11 is 3.38. The van der Waals surface area contributed by atoms with Gasteiger partial charge in [0.15, 0.2) is 0 Å². The van der Waals surface area contributed by atoms with E-state index in [2.05, 4.69) is 15.9 Å². The number of rotatable bonds is 6. The zero-order valence-corrected chi connectivity index (χ0v) is 14.2. The fraction of sp³-hybridized carbons (Fsp3) is 0.250. The normalized spacial score (nSPS) is 13.0. The Morgan fingerprint density at radius 1 is 1.05 bits per heavy atom. The maximum absolute atomic E-state index is 12.5. The highest BCUT2D eigenvalue weighted by molar-refractivity contribution is 9.10. The molecule has 0 aliphatic rings. The molecule has 6 heteroatoms. The van der Waals surface area contributed by atoms with Crippen LogP contribution >= 0.6 is 15.9 Å². The summed E-state index contributed by atoms with van der Waals surface area (Å²) in [6, 6.07) is 13.1. The quantitative estimate of drug-likeness (QED) is 0.802. The van der Waals surface area contributed by atoms with Crippen LogP contribution in [0.15, 0.2) is 62.8 Å². The molecule has 0 spiro atoms. The lowest BCUT2D eigenvalue weighted by atomic mass is 10.1. The molecular weight excluding hydrogens is 368 g/mol. The molecule has 2 N–H and O–H groups in total. The van der Waals surface area contributed by atoms with E-state index in [9.17, 15) is 13.5 Å². The summed E-state index contributed by atoms with van der Waals surface area (Å²) in [5, 5.41) is 18.2. The molecule has 4 nitrogen and oxygen atoms in total. The van der Waals surface area contributed by atoms with Crippen molar-refractivity contribution in [1.82, 2.24) is 0 Å². The maximum atomic E-state index is 12.5. The number of aryl methyl sites for hydroxylation is 1. The van der Waals surface area contributed by atoms with Crippen LogP contribution in [0.1, 0.15) is 12.0 Å². The molecule has 0 saturated carbocycles. The molecule has 1 atom stereocenters. The van der Waals surface area contributed by atoms with Crippen LogP contribution in [0.4, 0.5) is 0 Å². The van der Waals surface area contributed by atoms with E-state index < -0.39 is 15.9 Å². The largest absolute Gasteiger partial charge is 0.394 e. The van der Waals surface area contributed by atoms with Crippen molar-refractivity contribution in [1.29, 1.82) is 0 Å². The Kier molecular flexibility index (Phi) is 5.74. The van der Waals surface area contributed by atoms with Crippen LogP contribution in [-0.4, -0.2) is 31.3 Å². The molecule has 0 aliphatic carbocycles. The van der Waals surface area contributed by atoms with E-state index in [0.29, 0.717) is 17.3 Å². The summed E-state index contributed by atoms with van der Waals surface area (Å²) < 4.78 is 25.7. The standard InChI is InChI=1S/C16H17BrO4S/c17-16-10-15(9-7-12(16)6-8-13(19)11-18)22(20,21)14-4-2-1-3-5-14/h1-5,7,9-10,13,18-19H,6,8,11H2/t13-/m1/s1. The van der Waals surface area contributed by atoms with Gasteiger partial charge in [-0.05, 0) is 42.7 Å².